The second-order valence-electron chi connectivity index (χ2n) is 0.338. The van der Waals surface area contributed by atoms with Gasteiger partial charge in [0.1, 0.15) is 0 Å². The number of hydrogen-bond acceptors (Lipinski definition) is 2. The van der Waals surface area contributed by atoms with Gasteiger partial charge in [0, 0.05) is 0 Å². The van der Waals surface area contributed by atoms with Crippen LogP contribution in [0.15, 0.2) is 0 Å². The molecule has 0 radical (unpaired) electrons. The fourth-order valence-corrected chi connectivity index (χ4v) is 0. The molecule has 4 nitrogen and oxygen atoms in total. The van der Waals surface area contributed by atoms with Crippen molar-refractivity contribution in [3.8, 4) is 0 Å². The Hall–Kier alpha value is -0.553. The first kappa shape index (κ1) is 9.07. The van der Waals surface area contributed by atoms with Crippen LogP contribution in [-0.4, -0.2) is 21.6 Å². The molecule has 0 aliphatic rings. The summed E-state index contributed by atoms with van der Waals surface area (Å²) in [5.41, 5.74) is 4.03. The summed E-state index contributed by atoms with van der Waals surface area (Å²) >= 11 is 0. The minimum Gasteiger partial charge on any atom is -0.465 e. The molecule has 0 spiro atoms. The van der Waals surface area contributed by atoms with Crippen LogP contribution in [0.2, 0.25) is 0 Å². The molecule has 0 unspecified atom stereocenters. The second-order valence-corrected chi connectivity index (χ2v) is 0.338. The standard InChI is InChI=1S/CH3NO2.H5NSi/c2-1(3)4;1-2/h2H2,(H,3,4);1H2,2H3. The lowest BCUT2D eigenvalue weighted by molar-refractivity contribution is 0.205. The Morgan fingerprint density at radius 3 is 1.67 bits per heavy atom. The summed E-state index contributed by atoms with van der Waals surface area (Å²) in [4.78, 5) is 8.78. The van der Waals surface area contributed by atoms with E-state index < -0.39 is 6.09 Å². The van der Waals surface area contributed by atoms with Gasteiger partial charge in [-0.1, -0.05) is 0 Å². The van der Waals surface area contributed by atoms with Gasteiger partial charge in [-0.3, -0.25) is 0 Å². The predicted molar refractivity (Wildman–Crippen MR) is 26.3 cm³/mol. The summed E-state index contributed by atoms with van der Waals surface area (Å²) in [5.74, 6) is 0. The van der Waals surface area contributed by atoms with Crippen molar-refractivity contribution in [2.24, 2.45) is 11.1 Å². The SMILES string of the molecule is NC(=O)O.N[SiH3]. The van der Waals surface area contributed by atoms with Crippen molar-refractivity contribution >= 4 is 16.5 Å². The Kier molecular flexibility index (Phi) is 13.3. The third-order valence-corrected chi connectivity index (χ3v) is 0. The summed E-state index contributed by atoms with van der Waals surface area (Å²) in [5, 5.41) is 11.8. The molecule has 0 saturated heterocycles. The van der Waals surface area contributed by atoms with Gasteiger partial charge in [0.2, 0.25) is 0 Å². The van der Waals surface area contributed by atoms with E-state index in [1.54, 1.807) is 0 Å². The van der Waals surface area contributed by atoms with Gasteiger partial charge in [0.05, 0.1) is 10.4 Å². The summed E-state index contributed by atoms with van der Waals surface area (Å²) in [7, 11) is 0.806. The summed E-state index contributed by atoms with van der Waals surface area (Å²) in [6, 6.07) is 0. The Morgan fingerprint density at radius 2 is 1.67 bits per heavy atom. The zero-order chi connectivity index (χ0) is 5.58. The fraction of sp³-hybridized carbons (Fsp3) is 0. The zero-order valence-electron chi connectivity index (χ0n) is 3.51. The van der Waals surface area contributed by atoms with Gasteiger partial charge < -0.3 is 16.2 Å². The van der Waals surface area contributed by atoms with Gasteiger partial charge in [-0.15, -0.1) is 0 Å². The van der Waals surface area contributed by atoms with Crippen molar-refractivity contribution in [3.05, 3.63) is 0 Å². The van der Waals surface area contributed by atoms with Crippen molar-refractivity contribution in [2.45, 2.75) is 0 Å². The molecular formula is CH8N2O2Si. The van der Waals surface area contributed by atoms with Gasteiger partial charge in [-0.05, 0) is 0 Å². The maximum Gasteiger partial charge on any atom is 0.402 e. The number of amides is 1. The van der Waals surface area contributed by atoms with Crippen molar-refractivity contribution in [2.75, 3.05) is 0 Å². The average molecular weight is 108 g/mol. The third-order valence-electron chi connectivity index (χ3n) is 0. The molecule has 0 bridgehead atoms. The van der Waals surface area contributed by atoms with Crippen molar-refractivity contribution in [3.63, 3.8) is 0 Å². The fourth-order valence-electron chi connectivity index (χ4n) is 0. The first-order valence-electron chi connectivity index (χ1n) is 1.29. The molecule has 0 atom stereocenters. The highest BCUT2D eigenvalue weighted by molar-refractivity contribution is 6.02. The summed E-state index contributed by atoms with van der Waals surface area (Å²) in [6.07, 6.45) is -1.33. The highest BCUT2D eigenvalue weighted by Gasteiger charge is 1.65. The largest absolute Gasteiger partial charge is 0.465 e. The van der Waals surface area contributed by atoms with Crippen molar-refractivity contribution in [1.82, 2.24) is 0 Å². The van der Waals surface area contributed by atoms with E-state index in [2.05, 4.69) is 11.1 Å². The van der Waals surface area contributed by atoms with Crippen LogP contribution in [0.5, 0.6) is 0 Å². The van der Waals surface area contributed by atoms with Gasteiger partial charge in [-0.25, -0.2) is 4.79 Å². The molecule has 0 aromatic heterocycles. The molecule has 5 N–H and O–H groups in total. The van der Waals surface area contributed by atoms with Crippen molar-refractivity contribution < 1.29 is 9.90 Å². The number of carbonyl (C=O) groups is 1. The van der Waals surface area contributed by atoms with Crippen LogP contribution in [0.1, 0.15) is 0 Å². The maximum absolute atomic E-state index is 8.78. The van der Waals surface area contributed by atoms with Gasteiger partial charge in [0.15, 0.2) is 0 Å². The Bertz CT molecular complexity index is 34.5. The second kappa shape index (κ2) is 8.82. The first-order valence-corrected chi connectivity index (χ1v) is 2.45. The van der Waals surface area contributed by atoms with Crippen LogP contribution in [0, 0.1) is 0 Å². The Morgan fingerprint density at radius 1 is 1.67 bits per heavy atom. The van der Waals surface area contributed by atoms with Gasteiger partial charge in [0.25, 0.3) is 0 Å². The number of primary amides is 1. The average Bonchev–Trinajstić information content (AvgIpc) is 1.41. The molecule has 6 heavy (non-hydrogen) atoms. The number of rotatable bonds is 0. The molecule has 0 fully saturated rings. The molecule has 38 valence electrons. The lowest BCUT2D eigenvalue weighted by Crippen LogP contribution is -2.03. The summed E-state index contributed by atoms with van der Waals surface area (Å²) in [6.45, 7) is 0. The highest BCUT2D eigenvalue weighted by atomic mass is 28.2. The molecule has 0 aliphatic heterocycles. The van der Waals surface area contributed by atoms with Crippen LogP contribution in [0.4, 0.5) is 4.79 Å². The lowest BCUT2D eigenvalue weighted by atomic mass is 11.3. The normalized spacial score (nSPS) is 5.50. The molecule has 0 heterocycles. The van der Waals surface area contributed by atoms with Gasteiger partial charge in [-0.2, -0.15) is 0 Å². The van der Waals surface area contributed by atoms with E-state index in [0.29, 0.717) is 0 Å². The van der Waals surface area contributed by atoms with Crippen LogP contribution in [0.25, 0.3) is 0 Å². The van der Waals surface area contributed by atoms with E-state index in [1.165, 1.54) is 0 Å². The van der Waals surface area contributed by atoms with E-state index in [-0.39, 0.29) is 0 Å². The van der Waals surface area contributed by atoms with E-state index in [0.717, 1.165) is 10.4 Å². The molecule has 1 amide bonds. The zero-order valence-corrected chi connectivity index (χ0v) is 5.51. The van der Waals surface area contributed by atoms with Crippen LogP contribution < -0.4 is 11.1 Å². The maximum atomic E-state index is 8.78. The van der Waals surface area contributed by atoms with E-state index in [4.69, 9.17) is 9.90 Å². The van der Waals surface area contributed by atoms with Crippen LogP contribution >= 0.6 is 0 Å². The molecule has 0 rings (SSSR count). The first-order chi connectivity index (χ1) is 2.73. The van der Waals surface area contributed by atoms with Crippen LogP contribution in [0.3, 0.4) is 0 Å². The van der Waals surface area contributed by atoms with E-state index >= 15 is 0 Å². The monoisotopic (exact) mass is 108 g/mol. The molecule has 0 aliphatic carbocycles. The van der Waals surface area contributed by atoms with E-state index in [9.17, 15) is 0 Å². The highest BCUT2D eigenvalue weighted by Crippen LogP contribution is 1.34. The number of hydrogen-bond donors (Lipinski definition) is 3. The van der Waals surface area contributed by atoms with Crippen LogP contribution in [-0.2, 0) is 0 Å². The number of carboxylic acid groups (broad SMARTS) is 1. The molecule has 0 aromatic rings. The minimum absolute atomic E-state index is 0.806. The molecule has 0 saturated carbocycles. The predicted octanol–water partition coefficient (Wildman–Crippen LogP) is -2.15. The molecule has 0 aromatic carbocycles. The molecule has 5 heteroatoms. The topological polar surface area (TPSA) is 89.3 Å². The van der Waals surface area contributed by atoms with E-state index in [1.807, 2.05) is 0 Å². The van der Waals surface area contributed by atoms with Crippen molar-refractivity contribution in [1.29, 1.82) is 0 Å². The third kappa shape index (κ3) is 67.5. The minimum atomic E-state index is -1.33. The Labute approximate surface area is 38.6 Å². The smallest absolute Gasteiger partial charge is 0.402 e. The quantitative estimate of drug-likeness (QED) is 0.309. The lowest BCUT2D eigenvalue weighted by Gasteiger charge is -1.61. The Balaban J connectivity index is 0. The number of nitrogens with two attached hydrogens (primary N) is 2. The van der Waals surface area contributed by atoms with Gasteiger partial charge >= 0.3 is 6.09 Å². The summed E-state index contributed by atoms with van der Waals surface area (Å²) < 4.78 is 0. The molecular weight excluding hydrogens is 100 g/mol.